The van der Waals surface area contributed by atoms with E-state index in [1.165, 1.54) is 12.1 Å². The largest absolute Gasteiger partial charge is 0.361 e. The van der Waals surface area contributed by atoms with Crippen molar-refractivity contribution >= 4 is 38.4 Å². The summed E-state index contributed by atoms with van der Waals surface area (Å²) < 4.78 is 25.7. The molecule has 0 spiro atoms. The summed E-state index contributed by atoms with van der Waals surface area (Å²) in [7, 11) is -3.89. The lowest BCUT2D eigenvalue weighted by Crippen LogP contribution is -2.33. The fraction of sp³-hybridized carbons (Fsp3) is 0.111. The van der Waals surface area contributed by atoms with Crippen LogP contribution >= 0.6 is 0 Å². The van der Waals surface area contributed by atoms with Gasteiger partial charge in [0.05, 0.1) is 5.56 Å². The molecule has 0 fully saturated rings. The van der Waals surface area contributed by atoms with Gasteiger partial charge >= 0.3 is 0 Å². The van der Waals surface area contributed by atoms with E-state index in [0.717, 1.165) is 15.2 Å². The van der Waals surface area contributed by atoms with Gasteiger partial charge in [-0.3, -0.25) is 9.59 Å². The van der Waals surface area contributed by atoms with Crippen molar-refractivity contribution in [2.75, 3.05) is 11.9 Å². The summed E-state index contributed by atoms with van der Waals surface area (Å²) >= 11 is 0. The minimum atomic E-state index is -3.89. The fourth-order valence-corrected chi connectivity index (χ4v) is 4.58. The number of aromatic amines is 1. The Hall–Kier alpha value is -3.13. The maximum Gasteiger partial charge on any atom is 0.269 e. The molecule has 0 atom stereocenters. The van der Waals surface area contributed by atoms with E-state index in [2.05, 4.69) is 10.3 Å². The first kappa shape index (κ1) is 16.3. The molecule has 1 aliphatic heterocycles. The molecule has 1 aliphatic rings. The minimum absolute atomic E-state index is 0.0108. The molecule has 8 heteroatoms. The van der Waals surface area contributed by atoms with Crippen LogP contribution in [0.3, 0.4) is 0 Å². The molecule has 1 aromatic heterocycles. The van der Waals surface area contributed by atoms with Crippen LogP contribution in [0.2, 0.25) is 0 Å². The van der Waals surface area contributed by atoms with Crippen LogP contribution in [-0.2, 0) is 14.8 Å². The SMILES string of the molecule is O=C(CCN1C(=O)c2ccccc2S1(=O)=O)Nc1ccc2[nH]ccc2c1. The summed E-state index contributed by atoms with van der Waals surface area (Å²) in [4.78, 5) is 27.5. The second-order valence-corrected chi connectivity index (χ2v) is 7.79. The number of anilines is 1. The number of carbonyl (C=O) groups excluding carboxylic acids is 2. The minimum Gasteiger partial charge on any atom is -0.361 e. The maximum atomic E-state index is 12.5. The highest BCUT2D eigenvalue weighted by Gasteiger charge is 2.40. The zero-order valence-corrected chi connectivity index (χ0v) is 14.4. The van der Waals surface area contributed by atoms with Gasteiger partial charge in [-0.15, -0.1) is 0 Å². The first-order valence-electron chi connectivity index (χ1n) is 8.00. The van der Waals surface area contributed by atoms with Crippen molar-refractivity contribution in [3.63, 3.8) is 0 Å². The lowest BCUT2D eigenvalue weighted by molar-refractivity contribution is -0.116. The molecule has 7 nitrogen and oxygen atoms in total. The Morgan fingerprint density at radius 2 is 1.92 bits per heavy atom. The molecule has 26 heavy (non-hydrogen) atoms. The van der Waals surface area contributed by atoms with Gasteiger partial charge in [-0.25, -0.2) is 12.7 Å². The standard InChI is InChI=1S/C18H15N3O4S/c22-17(20-13-5-6-15-12(11-13)7-9-19-15)8-10-21-18(23)14-3-1-2-4-16(14)26(21,24)25/h1-7,9,11,19H,8,10H2,(H,20,22). The van der Waals surface area contributed by atoms with E-state index in [4.69, 9.17) is 0 Å². The molecule has 0 saturated heterocycles. The van der Waals surface area contributed by atoms with Crippen molar-refractivity contribution in [2.45, 2.75) is 11.3 Å². The van der Waals surface area contributed by atoms with Crippen LogP contribution in [0.4, 0.5) is 5.69 Å². The van der Waals surface area contributed by atoms with Crippen LogP contribution < -0.4 is 5.32 Å². The van der Waals surface area contributed by atoms with Crippen molar-refractivity contribution in [3.8, 4) is 0 Å². The first-order chi connectivity index (χ1) is 12.5. The van der Waals surface area contributed by atoms with Gasteiger partial charge in [0.2, 0.25) is 5.91 Å². The third-order valence-corrected chi connectivity index (χ3v) is 6.13. The number of hydrogen-bond acceptors (Lipinski definition) is 4. The number of fused-ring (bicyclic) bond motifs is 2. The van der Waals surface area contributed by atoms with Crippen LogP contribution in [0.1, 0.15) is 16.8 Å². The molecule has 0 radical (unpaired) electrons. The first-order valence-corrected chi connectivity index (χ1v) is 9.44. The topological polar surface area (TPSA) is 99.3 Å². The van der Waals surface area contributed by atoms with Gasteiger partial charge in [-0.05, 0) is 36.4 Å². The van der Waals surface area contributed by atoms with Crippen molar-refractivity contribution < 1.29 is 18.0 Å². The summed E-state index contributed by atoms with van der Waals surface area (Å²) in [5.41, 5.74) is 1.71. The molecule has 0 saturated carbocycles. The molecule has 0 aliphatic carbocycles. The van der Waals surface area contributed by atoms with Crippen LogP contribution in [0.5, 0.6) is 0 Å². The van der Waals surface area contributed by atoms with Gasteiger partial charge in [-0.2, -0.15) is 0 Å². The van der Waals surface area contributed by atoms with E-state index in [1.54, 1.807) is 24.4 Å². The van der Waals surface area contributed by atoms with Crippen LogP contribution in [0.25, 0.3) is 10.9 Å². The van der Waals surface area contributed by atoms with Crippen molar-refractivity contribution in [1.29, 1.82) is 0 Å². The molecule has 4 rings (SSSR count). The number of hydrogen-bond donors (Lipinski definition) is 2. The van der Waals surface area contributed by atoms with Gasteiger partial charge in [0, 0.05) is 35.8 Å². The second-order valence-electron chi connectivity index (χ2n) is 5.96. The van der Waals surface area contributed by atoms with Gasteiger partial charge in [0.1, 0.15) is 4.90 Å². The number of rotatable bonds is 4. The van der Waals surface area contributed by atoms with Crippen LogP contribution in [-0.4, -0.2) is 36.1 Å². The molecular weight excluding hydrogens is 354 g/mol. The fourth-order valence-electron chi connectivity index (χ4n) is 3.01. The Balaban J connectivity index is 1.45. The average Bonchev–Trinajstić information content (AvgIpc) is 3.15. The number of H-pyrrole nitrogens is 1. The van der Waals surface area contributed by atoms with Gasteiger partial charge in [0.25, 0.3) is 15.9 Å². The number of nitrogens with zero attached hydrogens (tertiary/aromatic N) is 1. The van der Waals surface area contributed by atoms with Crippen molar-refractivity contribution in [2.24, 2.45) is 0 Å². The molecule has 2 amide bonds. The molecule has 2 heterocycles. The van der Waals surface area contributed by atoms with Gasteiger partial charge in [0.15, 0.2) is 0 Å². The summed E-state index contributed by atoms with van der Waals surface area (Å²) in [6.07, 6.45) is 1.68. The van der Waals surface area contributed by atoms with Crippen molar-refractivity contribution in [3.05, 3.63) is 60.3 Å². The number of nitrogens with one attached hydrogen (secondary N) is 2. The van der Waals surface area contributed by atoms with E-state index in [1.807, 2.05) is 18.2 Å². The molecule has 3 aromatic rings. The Kier molecular flexibility index (Phi) is 3.77. The number of aromatic nitrogens is 1. The van der Waals surface area contributed by atoms with E-state index < -0.39 is 15.9 Å². The summed E-state index contributed by atoms with van der Waals surface area (Å²) in [5, 5.41) is 3.68. The van der Waals surface area contributed by atoms with E-state index in [9.17, 15) is 18.0 Å². The molecule has 132 valence electrons. The van der Waals surface area contributed by atoms with Crippen LogP contribution in [0.15, 0.2) is 59.6 Å². The maximum absolute atomic E-state index is 12.5. The average molecular weight is 369 g/mol. The third kappa shape index (κ3) is 2.64. The highest BCUT2D eigenvalue weighted by molar-refractivity contribution is 7.90. The molecule has 0 unspecified atom stereocenters. The number of sulfonamides is 1. The lowest BCUT2D eigenvalue weighted by atomic mass is 10.2. The molecule has 2 aromatic carbocycles. The predicted molar refractivity (Wildman–Crippen MR) is 96.2 cm³/mol. The second kappa shape index (κ2) is 5.99. The monoisotopic (exact) mass is 369 g/mol. The van der Waals surface area contributed by atoms with E-state index in [0.29, 0.717) is 5.69 Å². The van der Waals surface area contributed by atoms with Crippen molar-refractivity contribution in [1.82, 2.24) is 9.29 Å². The van der Waals surface area contributed by atoms with E-state index >= 15 is 0 Å². The quantitative estimate of drug-likeness (QED) is 0.737. The molecular formula is C18H15N3O4S. The summed E-state index contributed by atoms with van der Waals surface area (Å²) in [6.45, 7) is -0.200. The molecule has 2 N–H and O–H groups in total. The zero-order chi connectivity index (χ0) is 18.3. The highest BCUT2D eigenvalue weighted by Crippen LogP contribution is 2.29. The predicted octanol–water partition coefficient (Wildman–Crippen LogP) is 2.34. The number of amides is 2. The number of carbonyl (C=O) groups is 2. The van der Waals surface area contributed by atoms with Gasteiger partial charge < -0.3 is 10.3 Å². The lowest BCUT2D eigenvalue weighted by Gasteiger charge is -2.14. The smallest absolute Gasteiger partial charge is 0.269 e. The summed E-state index contributed by atoms with van der Waals surface area (Å²) in [6, 6.07) is 13.3. The normalized spacial score (nSPS) is 15.2. The zero-order valence-electron chi connectivity index (χ0n) is 13.6. The number of benzene rings is 2. The van der Waals surface area contributed by atoms with E-state index in [-0.39, 0.29) is 29.3 Å². The third-order valence-electron chi connectivity index (χ3n) is 4.29. The Morgan fingerprint density at radius 3 is 2.73 bits per heavy atom. The molecule has 0 bridgehead atoms. The summed E-state index contributed by atoms with van der Waals surface area (Å²) in [5.74, 6) is -0.957. The Morgan fingerprint density at radius 1 is 1.12 bits per heavy atom. The van der Waals surface area contributed by atoms with Gasteiger partial charge in [-0.1, -0.05) is 12.1 Å². The Bertz CT molecular complexity index is 1130. The van der Waals surface area contributed by atoms with Crippen LogP contribution in [0, 0.1) is 0 Å². The Labute approximate surface area is 149 Å². The highest BCUT2D eigenvalue weighted by atomic mass is 32.2.